The molecule has 0 amide bonds. The van der Waals surface area contributed by atoms with E-state index in [4.69, 9.17) is 5.11 Å². The van der Waals surface area contributed by atoms with Crippen LogP contribution in [0.1, 0.15) is 15.9 Å². The molecule has 0 aliphatic carbocycles. The Bertz CT molecular complexity index is 1250. The molecular weight excluding hydrogens is 358 g/mol. The van der Waals surface area contributed by atoms with Gasteiger partial charge in [0.05, 0.1) is 27.2 Å². The van der Waals surface area contributed by atoms with Gasteiger partial charge < -0.3 is 10.4 Å². The Balaban J connectivity index is 1.95. The highest BCUT2D eigenvalue weighted by molar-refractivity contribution is 6.09. The average molecular weight is 373 g/mol. The third kappa shape index (κ3) is 3.09. The van der Waals surface area contributed by atoms with E-state index in [-0.39, 0.29) is 11.3 Å². The molecular formula is C21H15N3O4. The number of nitro groups is 1. The molecule has 4 aromatic rings. The van der Waals surface area contributed by atoms with Crippen LogP contribution in [0.3, 0.4) is 0 Å². The minimum atomic E-state index is -1.00. The number of rotatable bonds is 4. The summed E-state index contributed by atoms with van der Waals surface area (Å²) in [7, 11) is 0. The fourth-order valence-corrected chi connectivity index (χ4v) is 3.13. The van der Waals surface area contributed by atoms with Gasteiger partial charge in [0, 0.05) is 28.6 Å². The molecule has 138 valence electrons. The number of carboxylic acids is 1. The number of nitrogens with zero attached hydrogens (tertiary/aromatic N) is 2. The highest BCUT2D eigenvalue weighted by atomic mass is 16.6. The van der Waals surface area contributed by atoms with Gasteiger partial charge in [0.2, 0.25) is 0 Å². The number of aromatic nitrogens is 1. The number of carboxylic acid groups (broad SMARTS) is 1. The number of non-ortho nitro benzene ring substituents is 1. The van der Waals surface area contributed by atoms with Crippen molar-refractivity contribution in [3.63, 3.8) is 0 Å². The summed E-state index contributed by atoms with van der Waals surface area (Å²) in [5.41, 5.74) is 3.95. The van der Waals surface area contributed by atoms with E-state index < -0.39 is 10.9 Å². The Labute approximate surface area is 159 Å². The quantitative estimate of drug-likeness (QED) is 0.295. The van der Waals surface area contributed by atoms with E-state index in [9.17, 15) is 14.9 Å². The Morgan fingerprint density at radius 2 is 1.64 bits per heavy atom. The third-order valence-electron chi connectivity index (χ3n) is 4.52. The lowest BCUT2D eigenvalue weighted by atomic mass is 10.0. The molecule has 0 atom stereocenters. The first kappa shape index (κ1) is 17.4. The molecule has 0 saturated heterocycles. The van der Waals surface area contributed by atoms with Crippen molar-refractivity contribution in [2.75, 3.05) is 5.32 Å². The highest BCUT2D eigenvalue weighted by Gasteiger charge is 2.14. The number of carbonyl (C=O) groups is 1. The molecule has 1 heterocycles. The van der Waals surface area contributed by atoms with E-state index in [2.05, 4.69) is 10.3 Å². The molecule has 7 nitrogen and oxygen atoms in total. The van der Waals surface area contributed by atoms with Crippen LogP contribution in [0.25, 0.3) is 21.8 Å². The summed E-state index contributed by atoms with van der Waals surface area (Å²) < 4.78 is 0. The van der Waals surface area contributed by atoms with E-state index in [1.54, 1.807) is 18.2 Å². The fraction of sp³-hybridized carbons (Fsp3) is 0.0476. The third-order valence-corrected chi connectivity index (χ3v) is 4.52. The maximum absolute atomic E-state index is 11.2. The van der Waals surface area contributed by atoms with Crippen molar-refractivity contribution >= 4 is 44.8 Å². The van der Waals surface area contributed by atoms with Crippen LogP contribution in [-0.2, 0) is 0 Å². The molecule has 0 radical (unpaired) electrons. The number of anilines is 2. The SMILES string of the molecule is Cc1ccc2nc3ccc([N+](=O)[O-])cc3c(Nc3ccc(C(=O)O)cc3)c2c1. The zero-order chi connectivity index (χ0) is 19.8. The van der Waals surface area contributed by atoms with Gasteiger partial charge >= 0.3 is 5.97 Å². The number of benzene rings is 3. The maximum atomic E-state index is 11.2. The Morgan fingerprint density at radius 1 is 1.00 bits per heavy atom. The number of aromatic carboxylic acids is 1. The zero-order valence-electron chi connectivity index (χ0n) is 14.8. The predicted molar refractivity (Wildman–Crippen MR) is 107 cm³/mol. The molecule has 1 aromatic heterocycles. The van der Waals surface area contributed by atoms with Crippen molar-refractivity contribution in [1.29, 1.82) is 0 Å². The van der Waals surface area contributed by atoms with Crippen molar-refractivity contribution in [1.82, 2.24) is 4.98 Å². The van der Waals surface area contributed by atoms with Crippen LogP contribution in [0.2, 0.25) is 0 Å². The Morgan fingerprint density at radius 3 is 2.29 bits per heavy atom. The second-order valence-electron chi connectivity index (χ2n) is 6.47. The lowest BCUT2D eigenvalue weighted by Crippen LogP contribution is -1.99. The molecule has 0 unspecified atom stereocenters. The molecule has 0 aliphatic rings. The van der Waals surface area contributed by atoms with Gasteiger partial charge in [-0.2, -0.15) is 0 Å². The van der Waals surface area contributed by atoms with E-state index in [1.165, 1.54) is 24.3 Å². The van der Waals surface area contributed by atoms with E-state index >= 15 is 0 Å². The molecule has 2 N–H and O–H groups in total. The first-order valence-corrected chi connectivity index (χ1v) is 8.51. The van der Waals surface area contributed by atoms with Gasteiger partial charge in [-0.3, -0.25) is 10.1 Å². The maximum Gasteiger partial charge on any atom is 0.335 e. The monoisotopic (exact) mass is 373 g/mol. The number of aryl methyl sites for hydroxylation is 1. The molecule has 0 bridgehead atoms. The fourth-order valence-electron chi connectivity index (χ4n) is 3.13. The number of hydrogen-bond donors (Lipinski definition) is 2. The van der Waals surface area contributed by atoms with E-state index in [0.29, 0.717) is 22.3 Å². The average Bonchev–Trinajstić information content (AvgIpc) is 2.68. The molecule has 0 aliphatic heterocycles. The summed E-state index contributed by atoms with van der Waals surface area (Å²) in [6.45, 7) is 1.96. The summed E-state index contributed by atoms with van der Waals surface area (Å²) in [5, 5.41) is 25.1. The molecule has 0 spiro atoms. The minimum Gasteiger partial charge on any atom is -0.478 e. The molecule has 0 saturated carbocycles. The minimum absolute atomic E-state index is 0.0226. The van der Waals surface area contributed by atoms with Crippen LogP contribution < -0.4 is 5.32 Å². The predicted octanol–water partition coefficient (Wildman–Crippen LogP) is 5.05. The van der Waals surface area contributed by atoms with E-state index in [0.717, 1.165) is 16.5 Å². The smallest absolute Gasteiger partial charge is 0.335 e. The number of nitro benzene ring substituents is 1. The largest absolute Gasteiger partial charge is 0.478 e. The van der Waals surface area contributed by atoms with Crippen LogP contribution >= 0.6 is 0 Å². The lowest BCUT2D eigenvalue weighted by molar-refractivity contribution is -0.384. The van der Waals surface area contributed by atoms with Crippen LogP contribution in [0, 0.1) is 17.0 Å². The second-order valence-corrected chi connectivity index (χ2v) is 6.47. The summed E-state index contributed by atoms with van der Waals surface area (Å²) in [4.78, 5) is 26.5. The molecule has 4 rings (SSSR count). The van der Waals surface area contributed by atoms with Gasteiger partial charge in [-0.25, -0.2) is 9.78 Å². The van der Waals surface area contributed by atoms with Gasteiger partial charge in [-0.15, -0.1) is 0 Å². The Kier molecular flexibility index (Phi) is 4.12. The highest BCUT2D eigenvalue weighted by Crippen LogP contribution is 2.35. The van der Waals surface area contributed by atoms with Gasteiger partial charge in [0.15, 0.2) is 0 Å². The first-order chi connectivity index (χ1) is 13.4. The van der Waals surface area contributed by atoms with Gasteiger partial charge in [0.25, 0.3) is 5.69 Å². The van der Waals surface area contributed by atoms with Crippen LogP contribution in [-0.4, -0.2) is 21.0 Å². The van der Waals surface area contributed by atoms with Gasteiger partial charge in [-0.05, 0) is 49.4 Å². The number of fused-ring (bicyclic) bond motifs is 2. The molecule has 7 heteroatoms. The molecule has 3 aromatic carbocycles. The van der Waals surface area contributed by atoms with E-state index in [1.807, 2.05) is 25.1 Å². The summed E-state index contributed by atoms with van der Waals surface area (Å²) in [6.07, 6.45) is 0. The van der Waals surface area contributed by atoms with Crippen molar-refractivity contribution in [3.05, 3.63) is 81.9 Å². The molecule has 28 heavy (non-hydrogen) atoms. The van der Waals surface area contributed by atoms with Crippen LogP contribution in [0.15, 0.2) is 60.7 Å². The summed E-state index contributed by atoms with van der Waals surface area (Å²) in [6, 6.07) is 16.7. The number of hydrogen-bond acceptors (Lipinski definition) is 5. The number of nitrogens with one attached hydrogen (secondary N) is 1. The topological polar surface area (TPSA) is 105 Å². The standard InChI is InChI=1S/C21H15N3O4/c1-12-2-8-18-16(10-12)20(22-14-5-3-13(4-6-14)21(25)26)17-11-15(24(27)28)7-9-19(17)23-18/h2-11H,1H3,(H,22,23)(H,25,26). The van der Waals surface area contributed by atoms with Gasteiger partial charge in [0.1, 0.15) is 0 Å². The Hall–Kier alpha value is -4.00. The van der Waals surface area contributed by atoms with Crippen molar-refractivity contribution < 1.29 is 14.8 Å². The van der Waals surface area contributed by atoms with Crippen molar-refractivity contribution in [3.8, 4) is 0 Å². The second kappa shape index (κ2) is 6.62. The van der Waals surface area contributed by atoms with Crippen LogP contribution in [0.5, 0.6) is 0 Å². The zero-order valence-corrected chi connectivity index (χ0v) is 14.8. The van der Waals surface area contributed by atoms with Crippen LogP contribution in [0.4, 0.5) is 17.1 Å². The first-order valence-electron chi connectivity index (χ1n) is 8.51. The number of pyridine rings is 1. The lowest BCUT2D eigenvalue weighted by Gasteiger charge is -2.14. The van der Waals surface area contributed by atoms with Gasteiger partial charge in [-0.1, -0.05) is 11.6 Å². The molecule has 0 fully saturated rings. The summed E-state index contributed by atoms with van der Waals surface area (Å²) in [5.74, 6) is -1.00. The van der Waals surface area contributed by atoms with Crippen molar-refractivity contribution in [2.24, 2.45) is 0 Å². The normalized spacial score (nSPS) is 10.9. The summed E-state index contributed by atoms with van der Waals surface area (Å²) >= 11 is 0. The van der Waals surface area contributed by atoms with Crippen molar-refractivity contribution in [2.45, 2.75) is 6.92 Å².